The number of nitrogens with two attached hydrogens (primary N) is 1. The molecular formula is C10H18N2O4. The van der Waals surface area contributed by atoms with Crippen LogP contribution in [-0.2, 0) is 19.1 Å². The van der Waals surface area contributed by atoms with Crippen LogP contribution in [0.1, 0.15) is 25.7 Å². The fourth-order valence-electron chi connectivity index (χ4n) is 1.64. The minimum atomic E-state index is -0.330. The van der Waals surface area contributed by atoms with Crippen molar-refractivity contribution >= 4 is 11.8 Å². The summed E-state index contributed by atoms with van der Waals surface area (Å²) in [7, 11) is 3.08. The maximum atomic E-state index is 11.6. The number of methoxy groups -OCH3 is 2. The zero-order valence-corrected chi connectivity index (χ0v) is 9.64. The van der Waals surface area contributed by atoms with Gasteiger partial charge in [0.05, 0.1) is 0 Å². The van der Waals surface area contributed by atoms with Crippen LogP contribution in [0.2, 0.25) is 0 Å². The summed E-state index contributed by atoms with van der Waals surface area (Å²) < 4.78 is 10.1. The van der Waals surface area contributed by atoms with E-state index in [9.17, 15) is 9.59 Å². The van der Waals surface area contributed by atoms with Crippen LogP contribution in [0, 0.1) is 0 Å². The van der Waals surface area contributed by atoms with E-state index >= 15 is 0 Å². The summed E-state index contributed by atoms with van der Waals surface area (Å²) in [5.41, 5.74) is 4.99. The molecule has 0 aromatic rings. The molecule has 1 aliphatic rings. The van der Waals surface area contributed by atoms with Crippen molar-refractivity contribution in [3.05, 3.63) is 0 Å². The van der Waals surface area contributed by atoms with E-state index in [0.717, 1.165) is 0 Å². The van der Waals surface area contributed by atoms with Crippen LogP contribution in [-0.4, -0.2) is 43.4 Å². The van der Waals surface area contributed by atoms with E-state index in [1.807, 2.05) is 0 Å². The first-order valence-corrected chi connectivity index (χ1v) is 5.27. The molecule has 0 bridgehead atoms. The average molecular weight is 230 g/mol. The molecular weight excluding hydrogens is 212 g/mol. The number of hydrogen-bond acceptors (Lipinski definition) is 4. The molecule has 0 aromatic heterocycles. The first-order chi connectivity index (χ1) is 7.61. The van der Waals surface area contributed by atoms with Gasteiger partial charge in [-0.3, -0.25) is 14.5 Å². The van der Waals surface area contributed by atoms with Gasteiger partial charge >= 0.3 is 0 Å². The summed E-state index contributed by atoms with van der Waals surface area (Å²) in [5, 5.41) is 0. The van der Waals surface area contributed by atoms with Gasteiger partial charge in [-0.15, -0.1) is 0 Å². The second-order valence-corrected chi connectivity index (χ2v) is 3.73. The molecule has 2 N–H and O–H groups in total. The Morgan fingerprint density at radius 1 is 1.12 bits per heavy atom. The molecule has 92 valence electrons. The van der Waals surface area contributed by atoms with Crippen LogP contribution in [0.25, 0.3) is 0 Å². The molecule has 2 atom stereocenters. The van der Waals surface area contributed by atoms with E-state index in [0.29, 0.717) is 25.7 Å². The number of ether oxygens (including phenoxy) is 2. The Balaban J connectivity index is 2.19. The summed E-state index contributed by atoms with van der Waals surface area (Å²) >= 11 is 0. The predicted octanol–water partition coefficient (Wildman–Crippen LogP) is -0.181. The Bertz CT molecular complexity index is 260. The summed E-state index contributed by atoms with van der Waals surface area (Å²) in [6.45, 7) is 0. The third-order valence-electron chi connectivity index (χ3n) is 2.54. The highest BCUT2D eigenvalue weighted by atomic mass is 16.6. The quantitative estimate of drug-likeness (QED) is 0.486. The van der Waals surface area contributed by atoms with Gasteiger partial charge in [-0.05, 0) is 12.8 Å². The van der Waals surface area contributed by atoms with Crippen LogP contribution < -0.4 is 5.73 Å². The number of carbonyl (C=O) groups is 2. The second-order valence-electron chi connectivity index (χ2n) is 3.73. The molecule has 6 heteroatoms. The molecule has 2 amide bonds. The summed E-state index contributed by atoms with van der Waals surface area (Å²) in [6.07, 6.45) is 1.51. The second kappa shape index (κ2) is 5.81. The number of carbonyl (C=O) groups excluding carboxylic acids is 2. The minimum Gasteiger partial charge on any atom is -0.370 e. The maximum absolute atomic E-state index is 11.6. The number of amides is 2. The smallest absolute Gasteiger partial charge is 0.226 e. The van der Waals surface area contributed by atoms with Gasteiger partial charge in [0.2, 0.25) is 11.8 Å². The maximum Gasteiger partial charge on any atom is 0.226 e. The fourth-order valence-corrected chi connectivity index (χ4v) is 1.64. The van der Waals surface area contributed by atoms with Crippen molar-refractivity contribution in [2.45, 2.75) is 38.1 Å². The zero-order chi connectivity index (χ0) is 12.1. The third-order valence-corrected chi connectivity index (χ3v) is 2.54. The number of hydrogen-bond donors (Lipinski definition) is 1. The van der Waals surface area contributed by atoms with Gasteiger partial charge < -0.3 is 15.2 Å². The van der Waals surface area contributed by atoms with Crippen molar-refractivity contribution in [2.24, 2.45) is 5.73 Å². The lowest BCUT2D eigenvalue weighted by Crippen LogP contribution is -2.16. The molecule has 0 aliphatic carbocycles. The summed E-state index contributed by atoms with van der Waals surface area (Å²) in [5.74, 6) is -0.341. The van der Waals surface area contributed by atoms with Crippen molar-refractivity contribution in [1.82, 2.24) is 4.90 Å². The Morgan fingerprint density at radius 2 is 1.62 bits per heavy atom. The standard InChI is InChI=1S/C10H18N2O4/c1-15-9-10(16-2)12(9)8(14)6-4-3-5-7(11)13/h9-10H,3-6H2,1-2H3,(H2,11,13). The van der Waals surface area contributed by atoms with Gasteiger partial charge in [-0.2, -0.15) is 0 Å². The first kappa shape index (κ1) is 12.9. The van der Waals surface area contributed by atoms with E-state index < -0.39 is 0 Å². The van der Waals surface area contributed by atoms with Gasteiger partial charge in [-0.25, -0.2) is 0 Å². The molecule has 16 heavy (non-hydrogen) atoms. The van der Waals surface area contributed by atoms with Crippen LogP contribution >= 0.6 is 0 Å². The first-order valence-electron chi connectivity index (χ1n) is 5.27. The monoisotopic (exact) mass is 230 g/mol. The number of unbranched alkanes of at least 4 members (excludes halogenated alkanes) is 1. The van der Waals surface area contributed by atoms with E-state index in [4.69, 9.17) is 15.2 Å². The topological polar surface area (TPSA) is 81.6 Å². The highest BCUT2D eigenvalue weighted by Crippen LogP contribution is 2.30. The molecule has 1 aliphatic heterocycles. The zero-order valence-electron chi connectivity index (χ0n) is 9.64. The van der Waals surface area contributed by atoms with Crippen molar-refractivity contribution in [2.75, 3.05) is 14.2 Å². The van der Waals surface area contributed by atoms with E-state index in [1.165, 1.54) is 14.2 Å². The van der Waals surface area contributed by atoms with Crippen molar-refractivity contribution in [3.8, 4) is 0 Å². The molecule has 0 aromatic carbocycles. The number of nitrogens with zero attached hydrogens (tertiary/aromatic N) is 1. The largest absolute Gasteiger partial charge is 0.370 e. The highest BCUT2D eigenvalue weighted by molar-refractivity contribution is 5.79. The molecule has 2 unspecified atom stereocenters. The Hall–Kier alpha value is -1.14. The van der Waals surface area contributed by atoms with Crippen molar-refractivity contribution in [3.63, 3.8) is 0 Å². The average Bonchev–Trinajstić information content (AvgIpc) is 2.97. The molecule has 0 saturated carbocycles. The van der Waals surface area contributed by atoms with E-state index in [-0.39, 0.29) is 24.3 Å². The van der Waals surface area contributed by atoms with Crippen LogP contribution in [0.4, 0.5) is 0 Å². The predicted molar refractivity (Wildman–Crippen MR) is 56.1 cm³/mol. The van der Waals surface area contributed by atoms with Crippen LogP contribution in [0.15, 0.2) is 0 Å². The van der Waals surface area contributed by atoms with Gasteiger partial charge in [0.25, 0.3) is 0 Å². The van der Waals surface area contributed by atoms with E-state index in [1.54, 1.807) is 4.90 Å². The lowest BCUT2D eigenvalue weighted by Gasteiger charge is -2.02. The van der Waals surface area contributed by atoms with Gasteiger partial charge in [0.15, 0.2) is 12.5 Å². The molecule has 0 radical (unpaired) electrons. The minimum absolute atomic E-state index is 0.0110. The molecule has 1 saturated heterocycles. The molecule has 1 fully saturated rings. The summed E-state index contributed by atoms with van der Waals surface area (Å²) in [6, 6.07) is 0. The lowest BCUT2D eigenvalue weighted by atomic mass is 10.2. The molecule has 0 spiro atoms. The SMILES string of the molecule is COC1C(OC)N1C(=O)CCCCC(N)=O. The molecule has 6 nitrogen and oxygen atoms in total. The fraction of sp³-hybridized carbons (Fsp3) is 0.800. The van der Waals surface area contributed by atoms with Crippen LogP contribution in [0.5, 0.6) is 0 Å². The normalized spacial score (nSPS) is 23.2. The Labute approximate surface area is 94.7 Å². The molecule has 1 rings (SSSR count). The van der Waals surface area contributed by atoms with Crippen molar-refractivity contribution in [1.29, 1.82) is 0 Å². The number of primary amides is 1. The highest BCUT2D eigenvalue weighted by Gasteiger charge is 2.51. The van der Waals surface area contributed by atoms with Crippen LogP contribution in [0.3, 0.4) is 0 Å². The Morgan fingerprint density at radius 3 is 2.06 bits per heavy atom. The van der Waals surface area contributed by atoms with Gasteiger partial charge in [0.1, 0.15) is 0 Å². The van der Waals surface area contributed by atoms with E-state index in [2.05, 4.69) is 0 Å². The number of rotatable bonds is 7. The lowest BCUT2D eigenvalue weighted by molar-refractivity contribution is -0.129. The van der Waals surface area contributed by atoms with Gasteiger partial charge in [0, 0.05) is 27.1 Å². The summed E-state index contributed by atoms with van der Waals surface area (Å²) in [4.78, 5) is 23.7. The molecule has 1 heterocycles. The Kier molecular flexibility index (Phi) is 4.70. The van der Waals surface area contributed by atoms with Gasteiger partial charge in [-0.1, -0.05) is 0 Å². The van der Waals surface area contributed by atoms with Crippen molar-refractivity contribution < 1.29 is 19.1 Å². The third kappa shape index (κ3) is 3.18.